The van der Waals surface area contributed by atoms with Crippen LogP contribution in [0.3, 0.4) is 0 Å². The molecule has 2 aliphatic heterocycles. The van der Waals surface area contributed by atoms with Crippen molar-refractivity contribution < 1.29 is 19.4 Å². The van der Waals surface area contributed by atoms with Crippen molar-refractivity contribution in [3.63, 3.8) is 0 Å². The topological polar surface area (TPSA) is 163 Å². The number of hydrogen-bond donors (Lipinski definition) is 5. The second kappa shape index (κ2) is 12.3. The summed E-state index contributed by atoms with van der Waals surface area (Å²) in [5.74, 6) is -1.20. The predicted molar refractivity (Wildman–Crippen MR) is 174 cm³/mol. The number of nitrogens with one attached hydrogen (secondary N) is 3. The molecule has 0 radical (unpaired) electrons. The van der Waals surface area contributed by atoms with Crippen LogP contribution in [0.2, 0.25) is 10.2 Å². The average molecular weight is 656 g/mol. The van der Waals surface area contributed by atoms with Crippen molar-refractivity contribution in [3.05, 3.63) is 57.8 Å². The molecule has 2 spiro atoms. The third kappa shape index (κ3) is 5.53. The Bertz CT molecular complexity index is 1520. The average Bonchev–Trinajstić information content (AvgIpc) is 3.47. The summed E-state index contributed by atoms with van der Waals surface area (Å²) in [4.78, 5) is 36.3. The number of nitrogens with two attached hydrogens (primary N) is 1. The van der Waals surface area contributed by atoms with Crippen LogP contribution in [0.5, 0.6) is 0 Å². The number of aliphatic carboxylic acids is 1. The Hall–Kier alpha value is -3.05. The van der Waals surface area contributed by atoms with Gasteiger partial charge in [-0.3, -0.25) is 25.3 Å². The van der Waals surface area contributed by atoms with Gasteiger partial charge in [-0.25, -0.2) is 4.98 Å². The lowest BCUT2D eigenvalue weighted by atomic mass is 9.53. The molecule has 2 saturated carbocycles. The van der Waals surface area contributed by atoms with Crippen LogP contribution in [-0.2, 0) is 19.7 Å². The molecule has 6 rings (SSSR count). The number of ether oxygens (including phenoxy) is 1. The summed E-state index contributed by atoms with van der Waals surface area (Å²) >= 11 is 12.7. The molecular weight excluding hydrogens is 615 g/mol. The normalized spacial score (nSPS) is 34.5. The minimum atomic E-state index is -1.22. The Morgan fingerprint density at radius 3 is 2.58 bits per heavy atom. The first-order valence-corrected chi connectivity index (χ1v) is 16.5. The van der Waals surface area contributed by atoms with Crippen LogP contribution in [0, 0.1) is 16.7 Å². The van der Waals surface area contributed by atoms with Crippen LogP contribution in [0.4, 0.5) is 5.69 Å². The molecule has 12 heteroatoms. The second-order valence-corrected chi connectivity index (χ2v) is 14.3. The van der Waals surface area contributed by atoms with Gasteiger partial charge in [-0.15, -0.1) is 0 Å². The van der Waals surface area contributed by atoms with Crippen molar-refractivity contribution in [1.29, 1.82) is 5.41 Å². The molecule has 2 aliphatic carbocycles. The van der Waals surface area contributed by atoms with Crippen molar-refractivity contribution in [1.82, 2.24) is 10.3 Å². The number of anilines is 1. The monoisotopic (exact) mass is 654 g/mol. The van der Waals surface area contributed by atoms with Gasteiger partial charge in [0.25, 0.3) is 0 Å². The van der Waals surface area contributed by atoms with E-state index in [0.717, 1.165) is 56.9 Å². The molecule has 2 aromatic rings. The largest absolute Gasteiger partial charge is 0.480 e. The number of rotatable bonds is 7. The molecule has 10 nitrogen and oxygen atoms in total. The first kappa shape index (κ1) is 31.9. The molecule has 240 valence electrons. The summed E-state index contributed by atoms with van der Waals surface area (Å²) in [6.45, 7) is 2.80. The number of aliphatic imine (C=N–C) groups is 1. The zero-order valence-electron chi connectivity index (χ0n) is 25.3. The van der Waals surface area contributed by atoms with E-state index in [1.54, 1.807) is 30.5 Å². The van der Waals surface area contributed by atoms with Gasteiger partial charge < -0.3 is 20.9 Å². The Morgan fingerprint density at radius 1 is 1.18 bits per heavy atom. The summed E-state index contributed by atoms with van der Waals surface area (Å²) in [5.41, 5.74) is 5.96. The van der Waals surface area contributed by atoms with E-state index in [0.29, 0.717) is 41.6 Å². The molecule has 45 heavy (non-hydrogen) atoms. The highest BCUT2D eigenvalue weighted by Gasteiger charge is 2.72. The zero-order valence-corrected chi connectivity index (χ0v) is 26.8. The lowest BCUT2D eigenvalue weighted by molar-refractivity contribution is -0.139. The summed E-state index contributed by atoms with van der Waals surface area (Å²) in [7, 11) is 0. The van der Waals surface area contributed by atoms with Crippen molar-refractivity contribution in [2.45, 2.75) is 93.7 Å². The van der Waals surface area contributed by atoms with Crippen LogP contribution in [0.25, 0.3) is 0 Å². The van der Waals surface area contributed by atoms with Gasteiger partial charge in [0.15, 0.2) is 12.3 Å². The van der Waals surface area contributed by atoms with E-state index in [2.05, 4.69) is 22.5 Å². The quantitative estimate of drug-likeness (QED) is 0.146. The van der Waals surface area contributed by atoms with E-state index in [-0.39, 0.29) is 28.4 Å². The summed E-state index contributed by atoms with van der Waals surface area (Å²) in [6.07, 6.45) is 9.69. The number of carbonyl (C=O) groups excluding carboxylic acids is 1. The van der Waals surface area contributed by atoms with Gasteiger partial charge >= 0.3 is 5.97 Å². The standard InChI is InChI=1S/C33H40Cl2N6O4/c1-31(13-15-39-28(45-18-36)19-2-5-22(37)6-3-19)9-11-32(12-10-31)33(23-7-4-21(34)17-24(23)40-30(33)44)26(27(41-32)29(42)43)20-8-14-38-25(35)16-20/h4,7-8,14,16-19,22,26-27,36,41H,2-3,5-6,9-13,15,37H2,1H3,(H,40,44)(H,42,43)/b36-18?,39-28-/t19-,22-,26-,27+,31?,32?,33?/m0/s1. The highest BCUT2D eigenvalue weighted by Crippen LogP contribution is 2.64. The van der Waals surface area contributed by atoms with Crippen LogP contribution in [0.1, 0.15) is 81.8 Å². The number of amides is 1. The summed E-state index contributed by atoms with van der Waals surface area (Å²) < 4.78 is 5.55. The van der Waals surface area contributed by atoms with Crippen molar-refractivity contribution in [2.24, 2.45) is 22.1 Å². The molecule has 1 saturated heterocycles. The number of aromatic nitrogens is 1. The van der Waals surface area contributed by atoms with Crippen molar-refractivity contribution in [3.8, 4) is 0 Å². The van der Waals surface area contributed by atoms with E-state index in [1.165, 1.54) is 0 Å². The first-order chi connectivity index (χ1) is 21.5. The SMILES string of the molecule is CC1(CC/N=C(\OC=N)[C@H]2CC[C@H](N)CC2)CCC2(CC1)N[C@@H](C(=O)O)[C@H](c1ccnc(Cl)c1)C21C(=O)Nc2cc(Cl)ccc21. The van der Waals surface area contributed by atoms with Gasteiger partial charge in [-0.2, -0.15) is 0 Å². The Morgan fingerprint density at radius 2 is 1.91 bits per heavy atom. The van der Waals surface area contributed by atoms with Crippen LogP contribution >= 0.6 is 23.2 Å². The number of benzene rings is 1. The fourth-order valence-electron chi connectivity index (χ4n) is 8.59. The lowest BCUT2D eigenvalue weighted by Crippen LogP contribution is -2.61. The minimum Gasteiger partial charge on any atom is -0.480 e. The molecule has 3 fully saturated rings. The maximum atomic E-state index is 14.4. The van der Waals surface area contributed by atoms with Gasteiger partial charge in [0, 0.05) is 46.9 Å². The molecule has 1 aromatic carbocycles. The molecule has 1 aromatic heterocycles. The number of nitrogens with zero attached hydrogens (tertiary/aromatic N) is 2. The number of pyridine rings is 1. The maximum Gasteiger partial charge on any atom is 0.321 e. The first-order valence-electron chi connectivity index (χ1n) is 15.7. The summed E-state index contributed by atoms with van der Waals surface area (Å²) in [5, 5.41) is 25.4. The van der Waals surface area contributed by atoms with E-state index >= 15 is 0 Å². The molecule has 1 amide bonds. The number of fused-ring (bicyclic) bond motifs is 3. The van der Waals surface area contributed by atoms with E-state index < -0.39 is 28.9 Å². The molecule has 0 bridgehead atoms. The highest BCUT2D eigenvalue weighted by molar-refractivity contribution is 6.31. The van der Waals surface area contributed by atoms with Crippen LogP contribution in [0.15, 0.2) is 41.5 Å². The van der Waals surface area contributed by atoms with Gasteiger partial charge in [0.1, 0.15) is 16.6 Å². The smallest absolute Gasteiger partial charge is 0.321 e. The Labute approximate surface area is 273 Å². The molecule has 4 aliphatic rings. The fourth-order valence-corrected chi connectivity index (χ4v) is 8.94. The van der Waals surface area contributed by atoms with Gasteiger partial charge in [0.05, 0.1) is 0 Å². The number of hydrogen-bond acceptors (Lipinski definition) is 8. The minimum absolute atomic E-state index is 0.0863. The number of carbonyl (C=O) groups is 2. The molecule has 6 N–H and O–H groups in total. The molecule has 3 heterocycles. The summed E-state index contributed by atoms with van der Waals surface area (Å²) in [6, 6.07) is 7.98. The molecular formula is C33H40Cl2N6O4. The fraction of sp³-hybridized carbons (Fsp3) is 0.545. The third-order valence-electron chi connectivity index (χ3n) is 11.0. The van der Waals surface area contributed by atoms with Gasteiger partial charge in [-0.1, -0.05) is 36.2 Å². The molecule has 3 atom stereocenters. The van der Waals surface area contributed by atoms with Crippen LogP contribution in [-0.4, -0.2) is 58.4 Å². The van der Waals surface area contributed by atoms with Crippen LogP contribution < -0.4 is 16.4 Å². The lowest BCUT2D eigenvalue weighted by Gasteiger charge is -2.51. The van der Waals surface area contributed by atoms with E-state index in [9.17, 15) is 14.7 Å². The number of halogens is 2. The van der Waals surface area contributed by atoms with Crippen molar-refractivity contribution in [2.75, 3.05) is 11.9 Å². The van der Waals surface area contributed by atoms with E-state index in [4.69, 9.17) is 44.1 Å². The third-order valence-corrected chi connectivity index (χ3v) is 11.4. The van der Waals surface area contributed by atoms with Gasteiger partial charge in [0.2, 0.25) is 5.91 Å². The number of carboxylic acid groups (broad SMARTS) is 1. The maximum absolute atomic E-state index is 14.4. The zero-order chi connectivity index (χ0) is 32.0. The van der Waals surface area contributed by atoms with Crippen molar-refractivity contribution >= 4 is 53.1 Å². The molecule has 1 unspecified atom stereocenters. The van der Waals surface area contributed by atoms with E-state index in [1.807, 2.05) is 6.07 Å². The second-order valence-electron chi connectivity index (χ2n) is 13.5. The highest BCUT2D eigenvalue weighted by atomic mass is 35.5. The predicted octanol–water partition coefficient (Wildman–Crippen LogP) is 5.67. The Balaban J connectivity index is 1.32. The number of carboxylic acids is 1. The van der Waals surface area contributed by atoms with Gasteiger partial charge in [-0.05, 0) is 98.6 Å². The Kier molecular flexibility index (Phi) is 8.71.